The molecule has 1 aliphatic carbocycles. The number of hydrogen-bond acceptors (Lipinski definition) is 11. The van der Waals surface area contributed by atoms with E-state index in [0.29, 0.717) is 36.0 Å². The van der Waals surface area contributed by atoms with Crippen LogP contribution < -0.4 is 39.4 Å². The molecule has 0 bridgehead atoms. The number of piperidine rings is 1. The van der Waals surface area contributed by atoms with Crippen molar-refractivity contribution in [1.82, 2.24) is 0 Å². The largest absolute Gasteiger partial charge is 1.00 e. The SMILES string of the molecule is CC(CCN1/C(=C/C=C2\CC/C(=C\C=C3\N(CCC(C)S(=O)(=O)O)c4ccc5cc(S(=O)(=O)O)ccc5c4C3(C)C)C2=[N+]2CCC(CCCC(=O)O)CC2)C(C)(C)c2c1ccc1cc(S(=O)(=O)O)ccc21)S(=O)(=O)O.[Na+]. The molecule has 4 aromatic carbocycles. The van der Waals surface area contributed by atoms with Crippen molar-refractivity contribution in [1.29, 1.82) is 0 Å². The van der Waals surface area contributed by atoms with Crippen LogP contribution in [-0.2, 0) is 56.1 Å². The monoisotopic (exact) mass is 1130 g/mol. The summed E-state index contributed by atoms with van der Waals surface area (Å²) in [5, 5.41) is 9.86. The molecule has 3 aliphatic heterocycles. The number of fused-ring (bicyclic) bond motifs is 6. The van der Waals surface area contributed by atoms with Crippen molar-refractivity contribution in [3.05, 3.63) is 119 Å². The molecule has 5 N–H and O–H groups in total. The van der Waals surface area contributed by atoms with Crippen LogP contribution in [0, 0.1) is 5.92 Å². The summed E-state index contributed by atoms with van der Waals surface area (Å²) in [5.74, 6) is -0.466. The molecule has 17 nitrogen and oxygen atoms in total. The number of aliphatic carboxylic acids is 1. The molecule has 0 spiro atoms. The van der Waals surface area contributed by atoms with Crippen molar-refractivity contribution >= 4 is 85.1 Å². The zero-order valence-electron chi connectivity index (χ0n) is 43.9. The maximum absolute atomic E-state index is 12.3. The number of nitrogens with zero attached hydrogens (tertiary/aromatic N) is 3. The Labute approximate surface area is 468 Å². The van der Waals surface area contributed by atoms with Crippen LogP contribution in [-0.4, -0.2) is 110 Å². The fraction of sp³-hybridized carbons (Fsp3) is 0.444. The van der Waals surface area contributed by atoms with Gasteiger partial charge in [0.25, 0.3) is 40.5 Å². The molecule has 1 saturated carbocycles. The number of hydrogen-bond donors (Lipinski definition) is 5. The molecular formula is C54H66N3NaO14S4+2. The van der Waals surface area contributed by atoms with Gasteiger partial charge in [-0.1, -0.05) is 64.1 Å². The Morgan fingerprint density at radius 1 is 0.645 bits per heavy atom. The molecule has 0 radical (unpaired) electrons. The van der Waals surface area contributed by atoms with Crippen LogP contribution in [0.25, 0.3) is 21.5 Å². The van der Waals surface area contributed by atoms with Gasteiger partial charge in [0.1, 0.15) is 13.1 Å². The zero-order chi connectivity index (χ0) is 54.8. The van der Waals surface area contributed by atoms with Gasteiger partial charge in [-0.05, 0) is 140 Å². The van der Waals surface area contributed by atoms with E-state index >= 15 is 0 Å². The molecule has 0 aromatic heterocycles. The number of carbonyl (C=O) groups is 1. The van der Waals surface area contributed by atoms with Gasteiger partial charge in [0, 0.05) is 77.1 Å². The van der Waals surface area contributed by atoms with Crippen LogP contribution in [0.5, 0.6) is 0 Å². The van der Waals surface area contributed by atoms with Crippen molar-refractivity contribution in [2.75, 3.05) is 36.0 Å². The summed E-state index contributed by atoms with van der Waals surface area (Å²) in [7, 11) is -17.7. The second-order valence-electron chi connectivity index (χ2n) is 21.5. The third-order valence-electron chi connectivity index (χ3n) is 15.9. The zero-order valence-corrected chi connectivity index (χ0v) is 49.2. The summed E-state index contributed by atoms with van der Waals surface area (Å²) in [4.78, 5) is 15.0. The first kappa shape index (κ1) is 59.4. The molecule has 76 heavy (non-hydrogen) atoms. The number of carboxylic acids is 1. The van der Waals surface area contributed by atoms with E-state index in [1.807, 2.05) is 49.6 Å². The van der Waals surface area contributed by atoms with Crippen LogP contribution >= 0.6 is 0 Å². The standard InChI is InChI=1S/C54H65N3O14S4.Na/c1-34(72(60,61)62)24-30-56-45-20-12-39-32-41(74(66,67)68)16-18-43(39)50(45)53(3,4)47(56)22-14-37-10-11-38(52(37)55-28-26-36(27-29-55)8-7-9-49(58)59)15-23-48-54(5,6)51-44-19-17-42(75(69,70)71)33-40(44)13-21-46(51)57(48)31-25-35(2)73(63,64)65;/h12-23,32-36H,7-11,24-31H2,1-6H3,(H4-,58,59,60,61,62,63,64,65,66,67,68,69,70,71);/q;+1/p+1. The van der Waals surface area contributed by atoms with Gasteiger partial charge in [0.2, 0.25) is 5.71 Å². The average molecular weight is 1130 g/mol. The van der Waals surface area contributed by atoms with E-state index in [-0.39, 0.29) is 71.7 Å². The second kappa shape index (κ2) is 22.1. The van der Waals surface area contributed by atoms with Gasteiger partial charge in [-0.25, -0.2) is 4.58 Å². The topological polar surface area (TPSA) is 264 Å². The van der Waals surface area contributed by atoms with Gasteiger partial charge < -0.3 is 14.9 Å². The molecule has 1 saturated heterocycles. The van der Waals surface area contributed by atoms with Crippen LogP contribution in [0.1, 0.15) is 110 Å². The Balaban J connectivity index is 0.00000840. The molecule has 0 amide bonds. The average Bonchev–Trinajstić information content (AvgIpc) is 3.91. The molecular weight excluding hydrogens is 1070 g/mol. The Hall–Kier alpha value is -4.26. The summed E-state index contributed by atoms with van der Waals surface area (Å²) in [6, 6.07) is 16.1. The van der Waals surface area contributed by atoms with Crippen LogP contribution in [0.15, 0.2) is 117 Å². The quantitative estimate of drug-likeness (QED) is 0.0472. The second-order valence-corrected chi connectivity index (χ2v) is 28.0. The summed E-state index contributed by atoms with van der Waals surface area (Å²) in [6.07, 6.45) is 13.0. The minimum absolute atomic E-state index is 0. The minimum atomic E-state index is -4.49. The maximum Gasteiger partial charge on any atom is 1.00 e. The smallest absolute Gasteiger partial charge is 0.481 e. The number of benzene rings is 4. The molecule has 2 unspecified atom stereocenters. The molecule has 404 valence electrons. The fourth-order valence-corrected chi connectivity index (χ4v) is 13.5. The van der Waals surface area contributed by atoms with Crippen LogP contribution in [0.4, 0.5) is 11.4 Å². The van der Waals surface area contributed by atoms with Crippen LogP contribution in [0.3, 0.4) is 0 Å². The van der Waals surface area contributed by atoms with Crippen LogP contribution in [0.2, 0.25) is 0 Å². The first-order chi connectivity index (χ1) is 34.9. The molecule has 8 rings (SSSR count). The first-order valence-electron chi connectivity index (χ1n) is 25.1. The maximum atomic E-state index is 12.3. The summed E-state index contributed by atoms with van der Waals surface area (Å²) in [5.41, 5.74) is 6.69. The number of rotatable bonds is 16. The summed E-state index contributed by atoms with van der Waals surface area (Å²) in [6.45, 7) is 13.0. The van der Waals surface area contributed by atoms with Gasteiger partial charge in [-0.15, -0.1) is 0 Å². The Morgan fingerprint density at radius 3 is 1.42 bits per heavy atom. The molecule has 4 aliphatic rings. The van der Waals surface area contributed by atoms with Crippen molar-refractivity contribution in [2.24, 2.45) is 5.92 Å². The van der Waals surface area contributed by atoms with E-state index in [1.165, 1.54) is 38.1 Å². The summed E-state index contributed by atoms with van der Waals surface area (Å²) >= 11 is 0. The molecule has 4 aromatic rings. The molecule has 2 atom stereocenters. The minimum Gasteiger partial charge on any atom is -0.481 e. The third kappa shape index (κ3) is 12.1. The third-order valence-corrected chi connectivity index (χ3v) is 20.1. The van der Waals surface area contributed by atoms with Gasteiger partial charge >= 0.3 is 35.5 Å². The van der Waals surface area contributed by atoms with E-state index in [2.05, 4.69) is 28.9 Å². The first-order valence-corrected chi connectivity index (χ1v) is 31.0. The van der Waals surface area contributed by atoms with E-state index in [9.17, 15) is 61.8 Å². The fourth-order valence-electron chi connectivity index (χ4n) is 11.7. The van der Waals surface area contributed by atoms with Crippen molar-refractivity contribution in [3.63, 3.8) is 0 Å². The van der Waals surface area contributed by atoms with E-state index in [0.717, 1.165) is 93.9 Å². The molecule has 3 heterocycles. The predicted octanol–water partition coefficient (Wildman–Crippen LogP) is 6.25. The summed E-state index contributed by atoms with van der Waals surface area (Å²) < 4.78 is 140. The number of anilines is 2. The van der Waals surface area contributed by atoms with Gasteiger partial charge in [0.05, 0.1) is 20.3 Å². The van der Waals surface area contributed by atoms with Crippen molar-refractivity contribution in [3.8, 4) is 0 Å². The Kier molecular flexibility index (Phi) is 17.3. The van der Waals surface area contributed by atoms with E-state index in [4.69, 9.17) is 0 Å². The Morgan fingerprint density at radius 2 is 1.05 bits per heavy atom. The van der Waals surface area contributed by atoms with E-state index in [1.54, 1.807) is 24.3 Å². The van der Waals surface area contributed by atoms with Gasteiger partial charge in [-0.3, -0.25) is 23.0 Å². The number of carboxylic acid groups (broad SMARTS) is 1. The predicted molar refractivity (Wildman–Crippen MR) is 290 cm³/mol. The van der Waals surface area contributed by atoms with Crippen molar-refractivity contribution in [2.45, 2.75) is 130 Å². The Bertz CT molecular complexity index is 3410. The molecule has 22 heteroatoms. The number of allylic oxidation sites excluding steroid dienone is 8. The van der Waals surface area contributed by atoms with E-state index < -0.39 is 67.8 Å². The molecule has 2 fully saturated rings. The van der Waals surface area contributed by atoms with Gasteiger partial charge in [-0.2, -0.15) is 33.7 Å². The normalized spacial score (nSPS) is 21.7. The van der Waals surface area contributed by atoms with Crippen molar-refractivity contribution < 1.29 is 95.9 Å². The van der Waals surface area contributed by atoms with Gasteiger partial charge in [0.15, 0.2) is 0 Å².